The van der Waals surface area contributed by atoms with Gasteiger partial charge in [-0.1, -0.05) is 30.3 Å². The minimum atomic E-state index is -0.675. The van der Waals surface area contributed by atoms with E-state index < -0.39 is 5.97 Å². The predicted octanol–water partition coefficient (Wildman–Crippen LogP) is 6.02. The summed E-state index contributed by atoms with van der Waals surface area (Å²) in [5.74, 6) is 0.612. The highest BCUT2D eigenvalue weighted by atomic mass is 35.5. The van der Waals surface area contributed by atoms with Gasteiger partial charge in [0.2, 0.25) is 0 Å². The molecule has 0 radical (unpaired) electrons. The minimum Gasteiger partial charge on any atom is -0.481 e. The van der Waals surface area contributed by atoms with Crippen molar-refractivity contribution in [2.45, 2.75) is 48.7 Å². The van der Waals surface area contributed by atoms with Gasteiger partial charge in [-0.3, -0.25) is 9.78 Å². The fourth-order valence-electron chi connectivity index (χ4n) is 4.23. The second-order valence-electron chi connectivity index (χ2n) is 8.00. The van der Waals surface area contributed by atoms with E-state index in [1.807, 2.05) is 24.0 Å². The number of carboxylic acid groups (broad SMARTS) is 1. The fraction of sp³-hybridized carbons (Fsp3) is 0.333. The number of aliphatic carboxylic acids is 1. The molecule has 1 atom stereocenters. The van der Waals surface area contributed by atoms with Crippen LogP contribution in [0.4, 0.5) is 0 Å². The van der Waals surface area contributed by atoms with Crippen LogP contribution in [0.15, 0.2) is 53.6 Å². The molecule has 3 nitrogen and oxygen atoms in total. The first kappa shape index (κ1) is 20.2. The molecule has 2 aromatic carbocycles. The van der Waals surface area contributed by atoms with Crippen molar-refractivity contribution in [3.63, 3.8) is 0 Å². The molecule has 0 amide bonds. The molecule has 1 N–H and O–H groups in total. The van der Waals surface area contributed by atoms with Gasteiger partial charge in [-0.25, -0.2) is 0 Å². The van der Waals surface area contributed by atoms with Crippen LogP contribution in [-0.4, -0.2) is 16.1 Å². The van der Waals surface area contributed by atoms with Crippen LogP contribution in [-0.2, 0) is 23.4 Å². The van der Waals surface area contributed by atoms with Crippen LogP contribution in [0.3, 0.4) is 0 Å². The van der Waals surface area contributed by atoms with Crippen LogP contribution in [0.1, 0.15) is 47.6 Å². The molecular weight excluding hydrogens is 402 g/mol. The van der Waals surface area contributed by atoms with Gasteiger partial charge in [-0.15, -0.1) is 24.2 Å². The summed E-state index contributed by atoms with van der Waals surface area (Å²) in [7, 11) is 0. The lowest BCUT2D eigenvalue weighted by Gasteiger charge is -2.25. The summed E-state index contributed by atoms with van der Waals surface area (Å²) in [5.41, 5.74) is 5.09. The van der Waals surface area contributed by atoms with E-state index in [1.165, 1.54) is 45.5 Å². The maximum Gasteiger partial charge on any atom is 0.306 e. The number of benzene rings is 2. The first-order valence-corrected chi connectivity index (χ1v) is 11.0. The number of halogens is 1. The standard InChI is InChI=1S/C24H23NO2S.ClH/c26-24(27)17-8-9-20-18(10-17)11-19-13-25-22(16-6-7-16)12-21(19)23(20)28-14-15-4-2-1-3-5-15;/h1-5,11-13,16-17H,6-10,14H2,(H,26,27);1H. The lowest BCUT2D eigenvalue weighted by atomic mass is 9.82. The maximum absolute atomic E-state index is 11.5. The maximum atomic E-state index is 11.5. The molecule has 29 heavy (non-hydrogen) atoms. The topological polar surface area (TPSA) is 50.2 Å². The van der Waals surface area contributed by atoms with Crippen molar-refractivity contribution in [2.75, 3.05) is 0 Å². The minimum absolute atomic E-state index is 0. The van der Waals surface area contributed by atoms with E-state index in [4.69, 9.17) is 4.98 Å². The SMILES string of the molecule is Cl.O=C(O)C1CCc2c(cc3cnc(C4CC4)cc3c2SCc2ccccc2)C1. The fourth-order valence-corrected chi connectivity index (χ4v) is 5.47. The van der Waals surface area contributed by atoms with E-state index in [1.54, 1.807) is 0 Å². The molecule has 1 saturated carbocycles. The molecule has 150 valence electrons. The van der Waals surface area contributed by atoms with Crippen LogP contribution in [0.2, 0.25) is 0 Å². The first-order chi connectivity index (χ1) is 13.7. The second-order valence-corrected chi connectivity index (χ2v) is 8.99. The number of hydrogen-bond acceptors (Lipinski definition) is 3. The zero-order valence-electron chi connectivity index (χ0n) is 16.1. The summed E-state index contributed by atoms with van der Waals surface area (Å²) in [5, 5.41) is 11.9. The number of nitrogens with zero attached hydrogens (tertiary/aromatic N) is 1. The van der Waals surface area contributed by atoms with Crippen molar-refractivity contribution in [1.29, 1.82) is 0 Å². The summed E-state index contributed by atoms with van der Waals surface area (Å²) in [6.45, 7) is 0. The molecule has 5 heteroatoms. The van der Waals surface area contributed by atoms with E-state index >= 15 is 0 Å². The van der Waals surface area contributed by atoms with E-state index in [0.717, 1.165) is 24.0 Å². The average Bonchev–Trinajstić information content (AvgIpc) is 3.56. The Morgan fingerprint density at radius 3 is 2.66 bits per heavy atom. The third-order valence-corrected chi connectivity index (χ3v) is 7.20. The van der Waals surface area contributed by atoms with Crippen molar-refractivity contribution in [2.24, 2.45) is 5.92 Å². The van der Waals surface area contributed by atoms with Gasteiger partial charge in [0.15, 0.2) is 0 Å². The number of pyridine rings is 1. The van der Waals surface area contributed by atoms with Gasteiger partial charge in [0, 0.05) is 33.8 Å². The molecule has 2 aliphatic rings. The van der Waals surface area contributed by atoms with Crippen molar-refractivity contribution >= 4 is 40.9 Å². The highest BCUT2D eigenvalue weighted by molar-refractivity contribution is 7.98. The van der Waals surface area contributed by atoms with Gasteiger partial charge < -0.3 is 5.11 Å². The lowest BCUT2D eigenvalue weighted by Crippen LogP contribution is -2.22. The molecule has 3 aromatic rings. The number of rotatable bonds is 5. The van der Waals surface area contributed by atoms with E-state index in [0.29, 0.717) is 12.3 Å². The number of aromatic nitrogens is 1. The van der Waals surface area contributed by atoms with Gasteiger partial charge in [-0.2, -0.15) is 0 Å². The molecule has 5 rings (SSSR count). The zero-order valence-corrected chi connectivity index (χ0v) is 17.8. The summed E-state index contributed by atoms with van der Waals surface area (Å²) in [4.78, 5) is 17.6. The highest BCUT2D eigenvalue weighted by Crippen LogP contribution is 2.43. The van der Waals surface area contributed by atoms with Gasteiger partial charge in [-0.05, 0) is 66.3 Å². The van der Waals surface area contributed by atoms with Gasteiger partial charge in [0.05, 0.1) is 5.92 Å². The first-order valence-electron chi connectivity index (χ1n) is 10.0. The predicted molar refractivity (Wildman–Crippen MR) is 120 cm³/mol. The Bertz CT molecular complexity index is 1050. The third-order valence-electron chi connectivity index (χ3n) is 5.97. The molecule has 0 aliphatic heterocycles. The molecule has 1 aromatic heterocycles. The van der Waals surface area contributed by atoms with Crippen molar-refractivity contribution in [3.05, 3.63) is 71.0 Å². The van der Waals surface area contributed by atoms with E-state index in [9.17, 15) is 9.90 Å². The Morgan fingerprint density at radius 2 is 1.93 bits per heavy atom. The Hall–Kier alpha value is -2.04. The Labute approximate surface area is 181 Å². The highest BCUT2D eigenvalue weighted by Gasteiger charge is 2.29. The van der Waals surface area contributed by atoms with Gasteiger partial charge in [0.25, 0.3) is 0 Å². The van der Waals surface area contributed by atoms with Crippen LogP contribution in [0.25, 0.3) is 10.8 Å². The normalized spacial score (nSPS) is 18.1. The van der Waals surface area contributed by atoms with Crippen LogP contribution >= 0.6 is 24.2 Å². The average molecular weight is 426 g/mol. The number of fused-ring (bicyclic) bond motifs is 2. The smallest absolute Gasteiger partial charge is 0.306 e. The number of thioether (sulfide) groups is 1. The number of hydrogen-bond donors (Lipinski definition) is 1. The zero-order chi connectivity index (χ0) is 19.1. The largest absolute Gasteiger partial charge is 0.481 e. The molecule has 1 unspecified atom stereocenters. The number of carbonyl (C=O) groups is 1. The Balaban J connectivity index is 0.00000205. The summed E-state index contributed by atoms with van der Waals surface area (Å²) >= 11 is 1.89. The summed E-state index contributed by atoms with van der Waals surface area (Å²) < 4.78 is 0. The van der Waals surface area contributed by atoms with Crippen LogP contribution in [0, 0.1) is 5.92 Å². The summed E-state index contributed by atoms with van der Waals surface area (Å²) in [6, 6.07) is 15.0. The van der Waals surface area contributed by atoms with E-state index in [2.05, 4.69) is 36.4 Å². The molecule has 0 spiro atoms. The molecular formula is C24H24ClNO2S. The van der Waals surface area contributed by atoms with Crippen LogP contribution in [0.5, 0.6) is 0 Å². The van der Waals surface area contributed by atoms with Gasteiger partial charge >= 0.3 is 5.97 Å². The third kappa shape index (κ3) is 4.15. The second kappa shape index (κ2) is 8.37. The summed E-state index contributed by atoms with van der Waals surface area (Å²) in [6.07, 6.45) is 6.70. The van der Waals surface area contributed by atoms with Crippen LogP contribution < -0.4 is 0 Å². The lowest BCUT2D eigenvalue weighted by molar-refractivity contribution is -0.142. The molecule has 0 bridgehead atoms. The Morgan fingerprint density at radius 1 is 1.14 bits per heavy atom. The van der Waals surface area contributed by atoms with E-state index in [-0.39, 0.29) is 18.3 Å². The number of carboxylic acids is 1. The van der Waals surface area contributed by atoms with Gasteiger partial charge in [0.1, 0.15) is 0 Å². The molecule has 0 saturated heterocycles. The quantitative estimate of drug-likeness (QED) is 0.508. The van der Waals surface area contributed by atoms with Crippen molar-refractivity contribution in [1.82, 2.24) is 4.98 Å². The molecule has 1 fully saturated rings. The molecule has 2 aliphatic carbocycles. The van der Waals surface area contributed by atoms with Crippen molar-refractivity contribution in [3.8, 4) is 0 Å². The monoisotopic (exact) mass is 425 g/mol. The molecule has 1 heterocycles. The van der Waals surface area contributed by atoms with Crippen molar-refractivity contribution < 1.29 is 9.90 Å². The Kier molecular flexibility index (Phi) is 5.84.